The maximum absolute atomic E-state index is 5.86. The lowest BCUT2D eigenvalue weighted by molar-refractivity contribution is 0.281. The number of nitrogens with one attached hydrogen (secondary N) is 1. The fraction of sp³-hybridized carbons (Fsp3) is 0.600. The van der Waals surface area contributed by atoms with Gasteiger partial charge in [0.15, 0.2) is 0 Å². The van der Waals surface area contributed by atoms with Crippen molar-refractivity contribution in [2.75, 3.05) is 6.54 Å². The molecule has 1 aliphatic rings. The number of halogens is 1. The maximum atomic E-state index is 5.86. The molecule has 2 heteroatoms. The second-order valence-corrected chi connectivity index (χ2v) is 5.82. The molecular formula is C15H22ClN. The van der Waals surface area contributed by atoms with Gasteiger partial charge in [0, 0.05) is 11.6 Å². The zero-order valence-electron chi connectivity index (χ0n) is 10.6. The number of benzene rings is 1. The smallest absolute Gasteiger partial charge is 0.0406 e. The van der Waals surface area contributed by atoms with Gasteiger partial charge in [0.1, 0.15) is 0 Å². The molecule has 1 aliphatic carbocycles. The Morgan fingerprint density at radius 3 is 2.41 bits per heavy atom. The predicted molar refractivity (Wildman–Crippen MR) is 74.3 cm³/mol. The van der Waals surface area contributed by atoms with Crippen LogP contribution in [-0.4, -0.2) is 6.54 Å². The van der Waals surface area contributed by atoms with Crippen LogP contribution in [0.5, 0.6) is 0 Å². The van der Waals surface area contributed by atoms with E-state index in [2.05, 4.69) is 24.4 Å². The first-order chi connectivity index (χ1) is 8.24. The number of hydrogen-bond acceptors (Lipinski definition) is 1. The summed E-state index contributed by atoms with van der Waals surface area (Å²) in [4.78, 5) is 0. The zero-order valence-corrected chi connectivity index (χ0v) is 11.3. The monoisotopic (exact) mass is 251 g/mol. The third-order valence-electron chi connectivity index (χ3n) is 3.81. The van der Waals surface area contributed by atoms with E-state index in [4.69, 9.17) is 11.6 Å². The Hall–Kier alpha value is -0.530. The molecule has 1 aromatic rings. The van der Waals surface area contributed by atoms with E-state index in [-0.39, 0.29) is 0 Å². The fourth-order valence-electron chi connectivity index (χ4n) is 2.56. The molecule has 0 saturated heterocycles. The van der Waals surface area contributed by atoms with E-state index in [9.17, 15) is 0 Å². The van der Waals surface area contributed by atoms with Crippen LogP contribution in [0, 0.1) is 11.8 Å². The lowest BCUT2D eigenvalue weighted by Gasteiger charge is -2.26. The third-order valence-corrected chi connectivity index (χ3v) is 4.06. The van der Waals surface area contributed by atoms with Crippen LogP contribution >= 0.6 is 11.6 Å². The van der Waals surface area contributed by atoms with E-state index < -0.39 is 0 Å². The van der Waals surface area contributed by atoms with Gasteiger partial charge >= 0.3 is 0 Å². The molecule has 0 unspecified atom stereocenters. The van der Waals surface area contributed by atoms with Gasteiger partial charge in [0.2, 0.25) is 0 Å². The first-order valence-corrected chi connectivity index (χ1v) is 7.07. The molecular weight excluding hydrogens is 230 g/mol. The van der Waals surface area contributed by atoms with Gasteiger partial charge in [0.05, 0.1) is 0 Å². The van der Waals surface area contributed by atoms with Crippen molar-refractivity contribution in [2.45, 2.75) is 39.2 Å². The second-order valence-electron chi connectivity index (χ2n) is 5.38. The summed E-state index contributed by atoms with van der Waals surface area (Å²) in [5.74, 6) is 1.83. The van der Waals surface area contributed by atoms with Crippen molar-refractivity contribution in [2.24, 2.45) is 11.8 Å². The normalized spacial score (nSPS) is 24.8. The standard InChI is InChI=1S/C15H22ClN/c1-12-2-4-13(5-3-12)10-17-11-14-6-8-15(16)9-7-14/h6-9,12-13,17H,2-5,10-11H2,1H3. The molecule has 1 aromatic carbocycles. The third kappa shape index (κ3) is 4.33. The minimum Gasteiger partial charge on any atom is -0.312 e. The Labute approximate surface area is 110 Å². The van der Waals surface area contributed by atoms with Crippen LogP contribution in [0.3, 0.4) is 0 Å². The van der Waals surface area contributed by atoms with Crippen molar-refractivity contribution in [1.82, 2.24) is 5.32 Å². The minimum atomic E-state index is 0.815. The highest BCUT2D eigenvalue weighted by molar-refractivity contribution is 6.30. The molecule has 1 saturated carbocycles. The molecule has 0 amide bonds. The highest BCUT2D eigenvalue weighted by Crippen LogP contribution is 2.27. The first kappa shape index (κ1) is 12.9. The fourth-order valence-corrected chi connectivity index (χ4v) is 2.68. The largest absolute Gasteiger partial charge is 0.312 e. The summed E-state index contributed by atoms with van der Waals surface area (Å²) in [7, 11) is 0. The quantitative estimate of drug-likeness (QED) is 0.843. The Morgan fingerprint density at radius 1 is 1.12 bits per heavy atom. The summed E-state index contributed by atoms with van der Waals surface area (Å²) in [5.41, 5.74) is 1.32. The van der Waals surface area contributed by atoms with Crippen LogP contribution in [0.15, 0.2) is 24.3 Å². The Morgan fingerprint density at radius 2 is 1.76 bits per heavy atom. The highest BCUT2D eigenvalue weighted by Gasteiger charge is 2.17. The molecule has 1 nitrogen and oxygen atoms in total. The van der Waals surface area contributed by atoms with Gasteiger partial charge in [0.25, 0.3) is 0 Å². The molecule has 2 rings (SSSR count). The molecule has 17 heavy (non-hydrogen) atoms. The van der Waals surface area contributed by atoms with Crippen LogP contribution in [-0.2, 0) is 6.54 Å². The van der Waals surface area contributed by atoms with E-state index >= 15 is 0 Å². The molecule has 0 spiro atoms. The highest BCUT2D eigenvalue weighted by atomic mass is 35.5. The van der Waals surface area contributed by atoms with Crippen molar-refractivity contribution in [3.8, 4) is 0 Å². The first-order valence-electron chi connectivity index (χ1n) is 6.69. The SMILES string of the molecule is CC1CCC(CNCc2ccc(Cl)cc2)CC1. The summed E-state index contributed by atoms with van der Waals surface area (Å²) in [6.45, 7) is 4.50. The molecule has 0 heterocycles. The van der Waals surface area contributed by atoms with Crippen LogP contribution in [0.25, 0.3) is 0 Å². The van der Waals surface area contributed by atoms with Gasteiger partial charge in [-0.1, -0.05) is 43.5 Å². The lowest BCUT2D eigenvalue weighted by atomic mass is 9.83. The second kappa shape index (κ2) is 6.42. The van der Waals surface area contributed by atoms with Crippen LogP contribution in [0.2, 0.25) is 5.02 Å². The molecule has 0 atom stereocenters. The summed E-state index contributed by atoms with van der Waals surface area (Å²) in [6.07, 6.45) is 5.62. The van der Waals surface area contributed by atoms with Gasteiger partial charge < -0.3 is 5.32 Å². The molecule has 0 bridgehead atoms. The molecule has 0 aromatic heterocycles. The summed E-state index contributed by atoms with van der Waals surface area (Å²) in [5, 5.41) is 4.38. The van der Waals surface area contributed by atoms with E-state index in [0.29, 0.717) is 0 Å². The van der Waals surface area contributed by atoms with E-state index in [1.165, 1.54) is 31.2 Å². The zero-order chi connectivity index (χ0) is 12.1. The summed E-state index contributed by atoms with van der Waals surface area (Å²) >= 11 is 5.86. The van der Waals surface area contributed by atoms with Gasteiger partial charge in [-0.3, -0.25) is 0 Å². The van der Waals surface area contributed by atoms with Crippen molar-refractivity contribution >= 4 is 11.6 Å². The van der Waals surface area contributed by atoms with Crippen LogP contribution < -0.4 is 5.32 Å². The Balaban J connectivity index is 1.67. The average molecular weight is 252 g/mol. The minimum absolute atomic E-state index is 0.815. The van der Waals surface area contributed by atoms with Crippen molar-refractivity contribution in [3.05, 3.63) is 34.9 Å². The topological polar surface area (TPSA) is 12.0 Å². The molecule has 0 radical (unpaired) electrons. The maximum Gasteiger partial charge on any atom is 0.0406 e. The Bertz CT molecular complexity index is 325. The summed E-state index contributed by atoms with van der Waals surface area (Å²) in [6, 6.07) is 8.11. The van der Waals surface area contributed by atoms with Gasteiger partial charge in [-0.15, -0.1) is 0 Å². The predicted octanol–water partition coefficient (Wildman–Crippen LogP) is 4.26. The van der Waals surface area contributed by atoms with Gasteiger partial charge in [-0.2, -0.15) is 0 Å². The lowest BCUT2D eigenvalue weighted by Crippen LogP contribution is -2.25. The summed E-state index contributed by atoms with van der Waals surface area (Å²) < 4.78 is 0. The van der Waals surface area contributed by atoms with Gasteiger partial charge in [-0.25, -0.2) is 0 Å². The van der Waals surface area contributed by atoms with E-state index in [1.54, 1.807) is 0 Å². The van der Waals surface area contributed by atoms with E-state index in [1.807, 2.05) is 12.1 Å². The molecule has 0 aliphatic heterocycles. The van der Waals surface area contributed by atoms with Crippen molar-refractivity contribution in [3.63, 3.8) is 0 Å². The van der Waals surface area contributed by atoms with Crippen LogP contribution in [0.4, 0.5) is 0 Å². The molecule has 1 fully saturated rings. The molecule has 1 N–H and O–H groups in total. The Kier molecular flexibility index (Phi) is 4.87. The molecule has 94 valence electrons. The van der Waals surface area contributed by atoms with E-state index in [0.717, 1.165) is 29.9 Å². The van der Waals surface area contributed by atoms with Crippen molar-refractivity contribution in [1.29, 1.82) is 0 Å². The number of rotatable bonds is 4. The van der Waals surface area contributed by atoms with Crippen LogP contribution in [0.1, 0.15) is 38.2 Å². The van der Waals surface area contributed by atoms with Crippen molar-refractivity contribution < 1.29 is 0 Å². The number of hydrogen-bond donors (Lipinski definition) is 1. The average Bonchev–Trinajstić information content (AvgIpc) is 2.34. The van der Waals surface area contributed by atoms with Gasteiger partial charge in [-0.05, 0) is 48.9 Å².